The Hall–Kier alpha value is -1.81. The lowest BCUT2D eigenvalue weighted by Gasteiger charge is -2.33. The maximum Gasteiger partial charge on any atom is 0.234 e. The van der Waals surface area contributed by atoms with Gasteiger partial charge in [0.2, 0.25) is 5.91 Å². The minimum absolute atomic E-state index is 0.0819. The lowest BCUT2D eigenvalue weighted by atomic mass is 9.90. The van der Waals surface area contributed by atoms with Crippen LogP contribution in [0.2, 0.25) is 0 Å². The number of carbonyl (C=O) groups excluding carboxylic acids is 1. The van der Waals surface area contributed by atoms with Gasteiger partial charge in [0, 0.05) is 28.4 Å². The van der Waals surface area contributed by atoms with E-state index >= 15 is 0 Å². The van der Waals surface area contributed by atoms with Crippen molar-refractivity contribution in [3.63, 3.8) is 0 Å². The van der Waals surface area contributed by atoms with Crippen molar-refractivity contribution in [2.75, 3.05) is 24.4 Å². The fraction of sp³-hybridized carbons (Fsp3) is 0.409. The fourth-order valence-corrected chi connectivity index (χ4v) is 5.98. The molecule has 3 heterocycles. The first-order valence-electron chi connectivity index (χ1n) is 10.0. The van der Waals surface area contributed by atoms with Crippen LogP contribution in [0.4, 0.5) is 5.69 Å². The van der Waals surface area contributed by atoms with E-state index in [0.29, 0.717) is 18.0 Å². The quantitative estimate of drug-likeness (QED) is 0.279. The molecule has 1 N–H and O–H groups in total. The highest BCUT2D eigenvalue weighted by molar-refractivity contribution is 8.00. The van der Waals surface area contributed by atoms with Crippen LogP contribution in [0.15, 0.2) is 34.4 Å². The number of aromatic nitrogens is 2. The van der Waals surface area contributed by atoms with Crippen LogP contribution in [0, 0.1) is 0 Å². The summed E-state index contributed by atoms with van der Waals surface area (Å²) in [7, 11) is 1.61. The number of amides is 1. The molecule has 0 bridgehead atoms. The minimum atomic E-state index is -0.176. The number of thiophene rings is 1. The van der Waals surface area contributed by atoms with E-state index in [9.17, 15) is 4.79 Å². The fourth-order valence-electron chi connectivity index (χ4n) is 3.47. The van der Waals surface area contributed by atoms with E-state index in [2.05, 4.69) is 19.2 Å². The molecule has 6 nitrogen and oxygen atoms in total. The second-order valence-corrected chi connectivity index (χ2v) is 10.4. The maximum absolute atomic E-state index is 12.6. The van der Waals surface area contributed by atoms with Gasteiger partial charge in [-0.3, -0.25) is 4.79 Å². The zero-order valence-corrected chi connectivity index (χ0v) is 20.4. The third-order valence-electron chi connectivity index (χ3n) is 5.41. The molecule has 2 aromatic heterocycles. The summed E-state index contributed by atoms with van der Waals surface area (Å²) >= 11 is 4.65. The third kappa shape index (κ3) is 4.84. The molecule has 0 saturated carbocycles. The molecule has 31 heavy (non-hydrogen) atoms. The number of thioether (sulfide) groups is 2. The second-order valence-electron chi connectivity index (χ2n) is 7.54. The van der Waals surface area contributed by atoms with Crippen LogP contribution >= 0.6 is 34.9 Å². The van der Waals surface area contributed by atoms with Gasteiger partial charge in [-0.25, -0.2) is 9.97 Å². The lowest BCUT2D eigenvalue weighted by molar-refractivity contribution is -0.113. The average Bonchev–Trinajstić information content (AvgIpc) is 3.14. The predicted molar refractivity (Wildman–Crippen MR) is 129 cm³/mol. The number of carbonyl (C=O) groups is 1. The summed E-state index contributed by atoms with van der Waals surface area (Å²) in [5, 5.41) is 5.61. The van der Waals surface area contributed by atoms with Crippen LogP contribution in [0.25, 0.3) is 10.2 Å². The number of rotatable bonds is 7. The molecule has 1 aliphatic heterocycles. The molecule has 3 aromatic rings. The number of benzene rings is 1. The van der Waals surface area contributed by atoms with Crippen LogP contribution in [0.5, 0.6) is 5.75 Å². The molecule has 1 aromatic carbocycles. The van der Waals surface area contributed by atoms with Gasteiger partial charge in [-0.15, -0.1) is 11.3 Å². The molecule has 4 rings (SSSR count). The summed E-state index contributed by atoms with van der Waals surface area (Å²) in [4.78, 5) is 24.3. The molecule has 1 amide bonds. The molecule has 0 saturated heterocycles. The summed E-state index contributed by atoms with van der Waals surface area (Å²) in [6.45, 7) is 4.92. The molecule has 1 aliphatic rings. The minimum Gasteiger partial charge on any atom is -0.497 e. The van der Waals surface area contributed by atoms with Gasteiger partial charge >= 0.3 is 0 Å². The van der Waals surface area contributed by atoms with Crippen molar-refractivity contribution >= 4 is 56.7 Å². The number of ether oxygens (including phenoxy) is 2. The SMILES string of the molecule is CCC1(C)Cc2c(sc3nc(SC)nc(SCC(=O)Nc4cccc(OC)c4)c23)CO1. The van der Waals surface area contributed by atoms with Gasteiger partial charge in [-0.2, -0.15) is 0 Å². The zero-order chi connectivity index (χ0) is 22.0. The van der Waals surface area contributed by atoms with Crippen LogP contribution in [0.1, 0.15) is 30.7 Å². The zero-order valence-electron chi connectivity index (χ0n) is 18.0. The van der Waals surface area contributed by atoms with E-state index in [1.165, 1.54) is 34.0 Å². The highest BCUT2D eigenvalue weighted by Crippen LogP contribution is 2.43. The van der Waals surface area contributed by atoms with E-state index in [4.69, 9.17) is 19.4 Å². The Morgan fingerprint density at radius 2 is 2.23 bits per heavy atom. The van der Waals surface area contributed by atoms with Crippen molar-refractivity contribution in [2.24, 2.45) is 0 Å². The number of hydrogen-bond acceptors (Lipinski definition) is 8. The Morgan fingerprint density at radius 1 is 1.39 bits per heavy atom. The highest BCUT2D eigenvalue weighted by atomic mass is 32.2. The highest BCUT2D eigenvalue weighted by Gasteiger charge is 2.33. The molecule has 9 heteroatoms. The van der Waals surface area contributed by atoms with Crippen LogP contribution < -0.4 is 10.1 Å². The van der Waals surface area contributed by atoms with Gasteiger partial charge in [-0.1, -0.05) is 36.5 Å². The van der Waals surface area contributed by atoms with Gasteiger partial charge in [-0.05, 0) is 37.3 Å². The molecule has 0 radical (unpaired) electrons. The molecule has 1 unspecified atom stereocenters. The molecular formula is C22H25N3O3S3. The molecule has 1 atom stereocenters. The van der Waals surface area contributed by atoms with E-state index in [1.54, 1.807) is 24.5 Å². The standard InChI is InChI=1S/C22H25N3O3S3/c1-5-22(2)10-15-16(11-28-22)31-20-18(15)19(24-21(25-20)29-4)30-12-17(26)23-13-7-6-8-14(9-13)27-3/h6-9H,5,10-12H2,1-4H3,(H,23,26). The van der Waals surface area contributed by atoms with Crippen LogP contribution in [-0.2, 0) is 22.6 Å². The van der Waals surface area contributed by atoms with Crippen molar-refractivity contribution in [3.8, 4) is 5.75 Å². The first kappa shape index (κ1) is 22.4. The van der Waals surface area contributed by atoms with Crippen molar-refractivity contribution in [1.29, 1.82) is 0 Å². The Kier molecular flexibility index (Phi) is 6.76. The van der Waals surface area contributed by atoms with E-state index in [0.717, 1.165) is 33.2 Å². The lowest BCUT2D eigenvalue weighted by Crippen LogP contribution is -2.33. The number of fused-ring (bicyclic) bond motifs is 3. The van der Waals surface area contributed by atoms with E-state index in [1.807, 2.05) is 24.5 Å². The Bertz CT molecular complexity index is 1120. The van der Waals surface area contributed by atoms with Gasteiger partial charge in [0.05, 0.1) is 25.1 Å². The van der Waals surface area contributed by atoms with Crippen molar-refractivity contribution in [2.45, 2.75) is 49.1 Å². The summed E-state index contributed by atoms with van der Waals surface area (Å²) in [6.07, 6.45) is 3.75. The monoisotopic (exact) mass is 475 g/mol. The molecule has 0 fully saturated rings. The Labute approximate surface area is 194 Å². The number of anilines is 1. The van der Waals surface area contributed by atoms with Crippen molar-refractivity contribution in [3.05, 3.63) is 34.7 Å². The number of nitrogens with one attached hydrogen (secondary N) is 1. The summed E-state index contributed by atoms with van der Waals surface area (Å²) in [5.41, 5.74) is 1.82. The van der Waals surface area contributed by atoms with E-state index < -0.39 is 0 Å². The van der Waals surface area contributed by atoms with Gasteiger partial charge in [0.15, 0.2) is 5.16 Å². The molecule has 164 valence electrons. The average molecular weight is 476 g/mol. The molecular weight excluding hydrogens is 450 g/mol. The maximum atomic E-state index is 12.6. The molecule has 0 aliphatic carbocycles. The third-order valence-corrected chi connectivity index (χ3v) is 8.03. The van der Waals surface area contributed by atoms with Gasteiger partial charge < -0.3 is 14.8 Å². The normalized spacial score (nSPS) is 18.1. The van der Waals surface area contributed by atoms with Gasteiger partial charge in [0.1, 0.15) is 15.6 Å². The van der Waals surface area contributed by atoms with Crippen LogP contribution in [0.3, 0.4) is 0 Å². The largest absolute Gasteiger partial charge is 0.497 e. The topological polar surface area (TPSA) is 73.3 Å². The number of nitrogens with zero attached hydrogens (tertiary/aromatic N) is 2. The Morgan fingerprint density at radius 3 is 2.97 bits per heavy atom. The summed E-state index contributed by atoms with van der Waals surface area (Å²) < 4.78 is 11.4. The van der Waals surface area contributed by atoms with Crippen LogP contribution in [-0.4, -0.2) is 40.6 Å². The predicted octanol–water partition coefficient (Wildman–Crippen LogP) is 5.39. The van der Waals surface area contributed by atoms with Crippen molar-refractivity contribution in [1.82, 2.24) is 9.97 Å². The van der Waals surface area contributed by atoms with Crippen molar-refractivity contribution < 1.29 is 14.3 Å². The van der Waals surface area contributed by atoms with Gasteiger partial charge in [0.25, 0.3) is 0 Å². The number of methoxy groups -OCH3 is 1. The number of hydrogen-bond donors (Lipinski definition) is 1. The summed E-state index contributed by atoms with van der Waals surface area (Å²) in [6, 6.07) is 7.35. The Balaban J connectivity index is 1.59. The smallest absolute Gasteiger partial charge is 0.234 e. The first-order chi connectivity index (χ1) is 14.9. The second kappa shape index (κ2) is 9.36. The first-order valence-corrected chi connectivity index (χ1v) is 13.0. The van der Waals surface area contributed by atoms with E-state index in [-0.39, 0.29) is 17.3 Å². The molecule has 0 spiro atoms. The summed E-state index contributed by atoms with van der Waals surface area (Å²) in [5.74, 6) is 0.892.